The predicted molar refractivity (Wildman–Crippen MR) is 123 cm³/mol. The van der Waals surface area contributed by atoms with Crippen molar-refractivity contribution in [3.05, 3.63) is 77.5 Å². The van der Waals surface area contributed by atoms with Crippen LogP contribution in [-0.2, 0) is 27.7 Å². The van der Waals surface area contributed by atoms with Crippen molar-refractivity contribution in [1.29, 1.82) is 0 Å². The average molecular weight is 493 g/mol. The maximum Gasteiger partial charge on any atom is 0.416 e. The number of hydrogen-bond acceptors (Lipinski definition) is 3. The van der Waals surface area contributed by atoms with Gasteiger partial charge in [0.2, 0.25) is 5.91 Å². The summed E-state index contributed by atoms with van der Waals surface area (Å²) in [5, 5.41) is 5.40. The van der Waals surface area contributed by atoms with Crippen LogP contribution in [0.25, 0.3) is 17.3 Å². The van der Waals surface area contributed by atoms with Crippen LogP contribution >= 0.6 is 7.60 Å². The second kappa shape index (κ2) is 9.21. The summed E-state index contributed by atoms with van der Waals surface area (Å²) in [6, 6.07) is 10.8. The van der Waals surface area contributed by atoms with Crippen LogP contribution in [-0.4, -0.2) is 25.5 Å². The minimum absolute atomic E-state index is 0.422. The highest BCUT2D eigenvalue weighted by atomic mass is 31.2. The largest absolute Gasteiger partial charge is 0.416 e. The molecule has 2 aromatic carbocycles. The van der Waals surface area contributed by atoms with Gasteiger partial charge in [0.1, 0.15) is 0 Å². The number of alkyl halides is 3. The lowest BCUT2D eigenvalue weighted by molar-refractivity contribution is -0.137. The number of nitrogens with zero attached hydrogens (tertiary/aromatic N) is 2. The van der Waals surface area contributed by atoms with E-state index in [1.807, 2.05) is 0 Å². The van der Waals surface area contributed by atoms with Gasteiger partial charge in [0.05, 0.1) is 22.6 Å². The highest BCUT2D eigenvalue weighted by molar-refractivity contribution is 7.53. The van der Waals surface area contributed by atoms with Gasteiger partial charge in [-0.25, -0.2) is 0 Å². The molecular formula is C23H23F3N3O4P. The highest BCUT2D eigenvalue weighted by Gasteiger charge is 2.39. The molecule has 1 aromatic heterocycles. The third-order valence-electron chi connectivity index (χ3n) is 5.45. The molecule has 0 radical (unpaired) electrons. The van der Waals surface area contributed by atoms with Crippen LogP contribution in [0.3, 0.4) is 0 Å². The lowest BCUT2D eigenvalue weighted by Crippen LogP contribution is -2.17. The van der Waals surface area contributed by atoms with Crippen molar-refractivity contribution in [1.82, 2.24) is 9.78 Å². The molecule has 0 aliphatic rings. The van der Waals surface area contributed by atoms with Gasteiger partial charge < -0.3 is 15.1 Å². The molecule has 1 heterocycles. The van der Waals surface area contributed by atoms with Crippen LogP contribution in [0.2, 0.25) is 0 Å². The Kier molecular flexibility index (Phi) is 6.89. The highest BCUT2D eigenvalue weighted by Crippen LogP contribution is 2.56. The Morgan fingerprint density at radius 2 is 1.59 bits per heavy atom. The molecule has 7 nitrogen and oxygen atoms in total. The number of benzene rings is 2. The summed E-state index contributed by atoms with van der Waals surface area (Å²) in [4.78, 5) is 31.4. The average Bonchev–Trinajstić information content (AvgIpc) is 3.11. The fourth-order valence-corrected chi connectivity index (χ4v) is 3.71. The molecule has 180 valence electrons. The van der Waals surface area contributed by atoms with Crippen molar-refractivity contribution in [2.45, 2.75) is 25.2 Å². The van der Waals surface area contributed by atoms with Crippen molar-refractivity contribution in [3.8, 4) is 11.3 Å². The monoisotopic (exact) mass is 493 g/mol. The molecule has 0 aliphatic heterocycles. The van der Waals surface area contributed by atoms with Gasteiger partial charge in [0.15, 0.2) is 0 Å². The van der Waals surface area contributed by atoms with Crippen molar-refractivity contribution in [2.24, 2.45) is 7.05 Å². The van der Waals surface area contributed by atoms with E-state index in [0.29, 0.717) is 28.1 Å². The zero-order valence-electron chi connectivity index (χ0n) is 18.5. The normalized spacial score (nSPS) is 12.8. The van der Waals surface area contributed by atoms with Crippen LogP contribution in [0.15, 0.2) is 60.8 Å². The lowest BCUT2D eigenvalue weighted by Gasteiger charge is -2.26. The van der Waals surface area contributed by atoms with Crippen LogP contribution < -0.4 is 5.32 Å². The van der Waals surface area contributed by atoms with Crippen LogP contribution in [0, 0.1) is 0 Å². The van der Waals surface area contributed by atoms with Crippen LogP contribution in [0.1, 0.15) is 30.5 Å². The van der Waals surface area contributed by atoms with E-state index in [9.17, 15) is 32.3 Å². The number of halogens is 3. The summed E-state index contributed by atoms with van der Waals surface area (Å²) < 4.78 is 51.7. The SMILES string of the molecule is Cn1ncc(/C=C/C(=O)Nc2ccc(C(C)(C)P(=O)(O)O)cc2)c1-c1ccc(C(F)(F)F)cc1. The Morgan fingerprint density at radius 3 is 2.12 bits per heavy atom. The Balaban J connectivity index is 1.75. The van der Waals surface area contributed by atoms with Crippen molar-refractivity contribution in [3.63, 3.8) is 0 Å². The van der Waals surface area contributed by atoms with E-state index >= 15 is 0 Å². The molecule has 1 amide bonds. The molecule has 0 unspecified atom stereocenters. The standard InChI is InChI=1S/C23H23F3N3O4P/c1-22(2,34(31,32)33)17-9-11-19(12-10-17)28-20(30)13-6-16-14-27-29(3)21(16)15-4-7-18(8-5-15)23(24,25)26/h4-14H,1-3H3,(H,28,30)(H2,31,32,33)/b13-6+. The summed E-state index contributed by atoms with van der Waals surface area (Å²) in [6.07, 6.45) is -0.177. The molecule has 3 N–H and O–H groups in total. The second-order valence-corrected chi connectivity index (χ2v) is 10.4. The van der Waals surface area contributed by atoms with Gasteiger partial charge in [-0.05, 0) is 49.8 Å². The van der Waals surface area contributed by atoms with Gasteiger partial charge in [0.25, 0.3) is 0 Å². The zero-order valence-corrected chi connectivity index (χ0v) is 19.4. The molecule has 0 fully saturated rings. The number of anilines is 1. The van der Waals surface area contributed by atoms with Crippen LogP contribution in [0.5, 0.6) is 0 Å². The lowest BCUT2D eigenvalue weighted by atomic mass is 10.0. The smallest absolute Gasteiger partial charge is 0.324 e. The van der Waals surface area contributed by atoms with E-state index in [2.05, 4.69) is 10.4 Å². The predicted octanol–water partition coefficient (Wildman–Crippen LogP) is 5.17. The van der Waals surface area contributed by atoms with Crippen molar-refractivity contribution in [2.75, 3.05) is 5.32 Å². The van der Waals surface area contributed by atoms with Gasteiger partial charge in [-0.15, -0.1) is 0 Å². The number of aromatic nitrogens is 2. The molecule has 0 atom stereocenters. The van der Waals surface area contributed by atoms with E-state index in [-0.39, 0.29) is 0 Å². The third kappa shape index (κ3) is 5.47. The van der Waals surface area contributed by atoms with E-state index in [1.165, 1.54) is 73.3 Å². The molecule has 0 saturated carbocycles. The Labute approximate surface area is 194 Å². The maximum absolute atomic E-state index is 12.8. The maximum atomic E-state index is 12.8. The number of amides is 1. The summed E-state index contributed by atoms with van der Waals surface area (Å²) in [7, 11) is -2.74. The van der Waals surface area contributed by atoms with E-state index < -0.39 is 30.4 Å². The van der Waals surface area contributed by atoms with E-state index in [4.69, 9.17) is 0 Å². The number of rotatable bonds is 6. The molecule has 0 bridgehead atoms. The molecule has 0 saturated heterocycles. The van der Waals surface area contributed by atoms with Crippen LogP contribution in [0.4, 0.5) is 18.9 Å². The molecule has 11 heteroatoms. The van der Waals surface area contributed by atoms with Crippen molar-refractivity contribution < 1.29 is 32.3 Å². The summed E-state index contributed by atoms with van der Waals surface area (Å²) in [5.41, 5.74) is 1.68. The summed E-state index contributed by atoms with van der Waals surface area (Å²) >= 11 is 0. The molecule has 34 heavy (non-hydrogen) atoms. The summed E-state index contributed by atoms with van der Waals surface area (Å²) in [6.45, 7) is 2.87. The van der Waals surface area contributed by atoms with E-state index in [0.717, 1.165) is 12.1 Å². The molecular weight excluding hydrogens is 470 g/mol. The first-order valence-electron chi connectivity index (χ1n) is 10.0. The minimum Gasteiger partial charge on any atom is -0.324 e. The fraction of sp³-hybridized carbons (Fsp3) is 0.217. The summed E-state index contributed by atoms with van der Waals surface area (Å²) in [5.74, 6) is -0.468. The molecule has 0 aliphatic carbocycles. The number of carbonyl (C=O) groups excluding carboxylic acids is 1. The van der Waals surface area contributed by atoms with Gasteiger partial charge in [0, 0.05) is 29.9 Å². The second-order valence-electron chi connectivity index (χ2n) is 8.15. The Morgan fingerprint density at radius 1 is 1.03 bits per heavy atom. The number of hydrogen-bond donors (Lipinski definition) is 3. The van der Waals surface area contributed by atoms with Gasteiger partial charge in [-0.1, -0.05) is 24.3 Å². The van der Waals surface area contributed by atoms with E-state index in [1.54, 1.807) is 7.05 Å². The number of carbonyl (C=O) groups is 1. The van der Waals surface area contributed by atoms with Crippen molar-refractivity contribution >= 4 is 25.3 Å². The first-order valence-corrected chi connectivity index (χ1v) is 11.7. The Bertz CT molecular complexity index is 1260. The minimum atomic E-state index is -4.43. The third-order valence-corrected chi connectivity index (χ3v) is 7.17. The molecule has 3 aromatic rings. The quantitative estimate of drug-likeness (QED) is 0.325. The van der Waals surface area contributed by atoms with Gasteiger partial charge in [-0.3, -0.25) is 14.0 Å². The first kappa shape index (κ1) is 25.4. The number of nitrogens with one attached hydrogen (secondary N) is 1. The van der Waals surface area contributed by atoms with Gasteiger partial charge in [-0.2, -0.15) is 18.3 Å². The Hall–Kier alpha value is -3.20. The molecule has 0 spiro atoms. The van der Waals surface area contributed by atoms with Gasteiger partial charge >= 0.3 is 13.8 Å². The fourth-order valence-electron chi connectivity index (χ4n) is 3.23. The number of aryl methyl sites for hydroxylation is 1. The topological polar surface area (TPSA) is 104 Å². The molecule has 3 rings (SSSR count). The zero-order chi connectivity index (χ0) is 25.3. The first-order chi connectivity index (χ1) is 15.7.